The fourth-order valence-electron chi connectivity index (χ4n) is 3.48. The number of hydrogen-bond acceptors (Lipinski definition) is 4. The number of fused-ring (bicyclic) bond motifs is 1. The predicted octanol–water partition coefficient (Wildman–Crippen LogP) is 5.88. The first-order chi connectivity index (χ1) is 15.2. The molecule has 5 nitrogen and oxygen atoms in total. The van der Waals surface area contributed by atoms with Crippen molar-refractivity contribution in [3.05, 3.63) is 76.4 Å². The highest BCUT2D eigenvalue weighted by Crippen LogP contribution is 2.40. The second-order valence-electron chi connectivity index (χ2n) is 7.25. The summed E-state index contributed by atoms with van der Waals surface area (Å²) in [5, 5.41) is 2.39. The van der Waals surface area contributed by atoms with E-state index in [0.717, 1.165) is 28.4 Å². The molecule has 0 saturated carbocycles. The first kappa shape index (κ1) is 22.4. The first-order valence-electron chi connectivity index (χ1n) is 9.60. The fraction of sp³-hybridized carbons (Fsp3) is 0.227. The lowest BCUT2D eigenvalue weighted by Gasteiger charge is -2.34. The second kappa shape index (κ2) is 8.63. The van der Waals surface area contributed by atoms with Gasteiger partial charge in [0, 0.05) is 11.4 Å². The number of alkyl halides is 3. The number of thioether (sulfide) groups is 1. The predicted molar refractivity (Wildman–Crippen MR) is 119 cm³/mol. The minimum atomic E-state index is -4.62. The zero-order chi connectivity index (χ0) is 23.0. The van der Waals surface area contributed by atoms with Crippen LogP contribution < -0.4 is 15.5 Å². The number of aryl methyl sites for hydroxylation is 1. The third kappa shape index (κ3) is 4.40. The van der Waals surface area contributed by atoms with Gasteiger partial charge in [0.2, 0.25) is 5.91 Å². The number of anilines is 1. The maximum atomic E-state index is 13.2. The van der Waals surface area contributed by atoms with E-state index >= 15 is 0 Å². The number of ether oxygens (including phenoxy) is 1. The number of halogens is 4. The molecule has 2 heterocycles. The zero-order valence-electron chi connectivity index (χ0n) is 17.0. The van der Waals surface area contributed by atoms with Crippen LogP contribution in [0.1, 0.15) is 22.9 Å². The van der Waals surface area contributed by atoms with Crippen LogP contribution in [0.25, 0.3) is 0 Å². The minimum Gasteiger partial charge on any atom is -0.497 e. The van der Waals surface area contributed by atoms with Crippen molar-refractivity contribution in [3.63, 3.8) is 0 Å². The molecule has 3 aromatic rings. The Morgan fingerprint density at radius 3 is 2.53 bits per heavy atom. The van der Waals surface area contributed by atoms with Crippen molar-refractivity contribution in [2.24, 2.45) is 0 Å². The molecule has 4 rings (SSSR count). The van der Waals surface area contributed by atoms with Gasteiger partial charge in [-0.15, -0.1) is 0 Å². The molecule has 168 valence electrons. The Morgan fingerprint density at radius 1 is 1.16 bits per heavy atom. The van der Waals surface area contributed by atoms with Crippen molar-refractivity contribution < 1.29 is 22.7 Å². The Hall–Kier alpha value is -2.78. The summed E-state index contributed by atoms with van der Waals surface area (Å²) >= 11 is 7.03. The number of nitrogens with one attached hydrogen (secondary N) is 2. The van der Waals surface area contributed by atoms with Crippen LogP contribution in [-0.2, 0) is 11.0 Å². The Bertz CT molecular complexity index is 1150. The summed E-state index contributed by atoms with van der Waals surface area (Å²) in [6, 6.07) is 14.0. The highest BCUT2D eigenvalue weighted by atomic mass is 35.5. The van der Waals surface area contributed by atoms with Gasteiger partial charge in [-0.05, 0) is 55.0 Å². The normalized spacial score (nSPS) is 17.9. The van der Waals surface area contributed by atoms with Crippen molar-refractivity contribution in [1.29, 1.82) is 0 Å². The third-order valence-electron chi connectivity index (χ3n) is 5.13. The molecule has 1 amide bonds. The molecule has 0 bridgehead atoms. The number of aromatic nitrogens is 1. The van der Waals surface area contributed by atoms with Gasteiger partial charge in [-0.1, -0.05) is 35.5 Å². The summed E-state index contributed by atoms with van der Waals surface area (Å²) in [5.74, 6) is 0.251. The highest BCUT2D eigenvalue weighted by molar-refractivity contribution is 8.00. The summed E-state index contributed by atoms with van der Waals surface area (Å²) < 4.78 is 46.7. The summed E-state index contributed by atoms with van der Waals surface area (Å²) in [6.45, 7) is 1.94. The summed E-state index contributed by atoms with van der Waals surface area (Å²) in [6.07, 6.45) is -4.62. The number of benzene rings is 2. The minimum absolute atomic E-state index is 0.0259. The fourth-order valence-corrected chi connectivity index (χ4v) is 4.93. The van der Waals surface area contributed by atoms with Crippen molar-refractivity contribution in [3.8, 4) is 5.75 Å². The molecule has 0 radical (unpaired) electrons. The van der Waals surface area contributed by atoms with Crippen LogP contribution in [0.3, 0.4) is 0 Å². The van der Waals surface area contributed by atoms with Gasteiger partial charge in [0.05, 0.1) is 28.8 Å². The van der Waals surface area contributed by atoms with Crippen molar-refractivity contribution in [1.82, 2.24) is 4.68 Å². The Labute approximate surface area is 191 Å². The Balaban J connectivity index is 1.65. The van der Waals surface area contributed by atoms with Crippen LogP contribution >= 0.6 is 23.4 Å². The van der Waals surface area contributed by atoms with Gasteiger partial charge in [-0.25, -0.2) is 0 Å². The van der Waals surface area contributed by atoms with Crippen molar-refractivity contribution >= 4 is 35.0 Å². The van der Waals surface area contributed by atoms with E-state index in [9.17, 15) is 18.0 Å². The molecule has 1 aliphatic heterocycles. The third-order valence-corrected chi connectivity index (χ3v) is 6.76. The monoisotopic (exact) mass is 481 g/mol. The SMILES string of the molecule is COc1ccc([C@@H]2Nn3c(C)ccc3S[C@@H]2C(=O)Nc2ccc(Cl)c(C(F)(F)F)c2)cc1. The summed E-state index contributed by atoms with van der Waals surface area (Å²) in [4.78, 5) is 13.2. The number of carbonyl (C=O) groups is 1. The zero-order valence-corrected chi connectivity index (χ0v) is 18.6. The van der Waals surface area contributed by atoms with E-state index in [0.29, 0.717) is 5.75 Å². The molecule has 2 N–H and O–H groups in total. The van der Waals surface area contributed by atoms with Crippen molar-refractivity contribution in [2.75, 3.05) is 17.9 Å². The summed E-state index contributed by atoms with van der Waals surface area (Å²) in [7, 11) is 1.57. The van der Waals surface area contributed by atoms with Crippen molar-refractivity contribution in [2.45, 2.75) is 29.4 Å². The molecule has 2 atom stereocenters. The molecule has 1 aromatic heterocycles. The van der Waals surface area contributed by atoms with Gasteiger partial charge in [0.15, 0.2) is 0 Å². The number of hydrogen-bond donors (Lipinski definition) is 2. The Morgan fingerprint density at radius 2 is 1.88 bits per heavy atom. The van der Waals surface area contributed by atoms with E-state index < -0.39 is 34.0 Å². The van der Waals surface area contributed by atoms with Crippen LogP contribution in [0.15, 0.2) is 59.6 Å². The number of methoxy groups -OCH3 is 1. The molecular formula is C22H19ClF3N3O2S. The lowest BCUT2D eigenvalue weighted by atomic mass is 10.0. The van der Waals surface area contributed by atoms with E-state index in [4.69, 9.17) is 16.3 Å². The van der Waals surface area contributed by atoms with Crippen LogP contribution in [0.4, 0.5) is 18.9 Å². The lowest BCUT2D eigenvalue weighted by molar-refractivity contribution is -0.137. The Kier molecular flexibility index (Phi) is 6.05. The van der Waals surface area contributed by atoms with E-state index in [-0.39, 0.29) is 5.69 Å². The van der Waals surface area contributed by atoms with Gasteiger partial charge in [-0.2, -0.15) is 13.2 Å². The van der Waals surface area contributed by atoms with E-state index in [1.165, 1.54) is 17.8 Å². The quantitative estimate of drug-likeness (QED) is 0.489. The molecule has 0 spiro atoms. The molecule has 32 heavy (non-hydrogen) atoms. The molecule has 1 aliphatic rings. The number of carbonyl (C=O) groups excluding carboxylic acids is 1. The lowest BCUT2D eigenvalue weighted by Crippen LogP contribution is -2.41. The molecule has 0 unspecified atom stereocenters. The number of nitrogens with zero attached hydrogens (tertiary/aromatic N) is 1. The molecule has 10 heteroatoms. The average Bonchev–Trinajstić information content (AvgIpc) is 3.13. The van der Waals surface area contributed by atoms with Gasteiger partial charge >= 0.3 is 6.18 Å². The van der Waals surface area contributed by atoms with Crippen LogP contribution in [0, 0.1) is 6.92 Å². The number of amides is 1. The summed E-state index contributed by atoms with van der Waals surface area (Å²) in [5.41, 5.74) is 4.19. The standard InChI is InChI=1S/C22H19ClF3N3O2S/c1-12-3-10-18-29(12)28-19(13-4-7-15(31-2)8-5-13)20(32-18)21(30)27-14-6-9-17(23)16(11-14)22(24,25)26/h3-11,19-20,28H,1-2H3,(H,27,30)/t19-,20-/m0/s1. The first-order valence-corrected chi connectivity index (χ1v) is 10.9. The maximum absolute atomic E-state index is 13.2. The topological polar surface area (TPSA) is 55.3 Å². The average molecular weight is 482 g/mol. The van der Waals surface area contributed by atoms with Gasteiger partial charge in [-0.3, -0.25) is 9.47 Å². The molecule has 0 aliphatic carbocycles. The van der Waals surface area contributed by atoms with E-state index in [1.54, 1.807) is 19.2 Å². The molecule has 2 aromatic carbocycles. The van der Waals surface area contributed by atoms with E-state index in [1.807, 2.05) is 35.9 Å². The van der Waals surface area contributed by atoms with Gasteiger partial charge < -0.3 is 15.5 Å². The van der Waals surface area contributed by atoms with Gasteiger partial charge in [0.1, 0.15) is 11.0 Å². The van der Waals surface area contributed by atoms with Crippen LogP contribution in [-0.4, -0.2) is 22.9 Å². The van der Waals surface area contributed by atoms with Crippen LogP contribution in [0.2, 0.25) is 5.02 Å². The maximum Gasteiger partial charge on any atom is 0.417 e. The molecular weight excluding hydrogens is 463 g/mol. The second-order valence-corrected chi connectivity index (χ2v) is 8.82. The van der Waals surface area contributed by atoms with Gasteiger partial charge in [0.25, 0.3) is 0 Å². The van der Waals surface area contributed by atoms with Crippen LogP contribution in [0.5, 0.6) is 5.75 Å². The molecule has 0 fully saturated rings. The number of rotatable bonds is 4. The largest absolute Gasteiger partial charge is 0.497 e. The smallest absolute Gasteiger partial charge is 0.417 e. The highest BCUT2D eigenvalue weighted by Gasteiger charge is 2.37. The molecule has 0 saturated heterocycles. The van der Waals surface area contributed by atoms with E-state index in [2.05, 4.69) is 10.7 Å².